The Kier molecular flexibility index (Phi) is 9.71. The summed E-state index contributed by atoms with van der Waals surface area (Å²) >= 11 is 0. The molecule has 1 aliphatic carbocycles. The van der Waals surface area contributed by atoms with Crippen molar-refractivity contribution in [2.24, 2.45) is 9.98 Å². The van der Waals surface area contributed by atoms with Gasteiger partial charge in [-0.25, -0.2) is 18.4 Å². The molecule has 170 valence electrons. The van der Waals surface area contributed by atoms with Gasteiger partial charge in [-0.2, -0.15) is 0 Å². The molecular formula is C22H38N4O3S. The highest BCUT2D eigenvalue weighted by atomic mass is 32.2. The summed E-state index contributed by atoms with van der Waals surface area (Å²) in [5, 5.41) is 3.34. The van der Waals surface area contributed by atoms with E-state index in [-0.39, 0.29) is 5.25 Å². The third kappa shape index (κ3) is 6.75. The minimum atomic E-state index is -2.91. The highest BCUT2D eigenvalue weighted by Crippen LogP contribution is 2.28. The quantitative estimate of drug-likeness (QED) is 0.340. The van der Waals surface area contributed by atoms with Gasteiger partial charge in [0.15, 0.2) is 0 Å². The van der Waals surface area contributed by atoms with E-state index in [0.29, 0.717) is 38.1 Å². The van der Waals surface area contributed by atoms with Gasteiger partial charge in [0.2, 0.25) is 5.96 Å². The maximum Gasteiger partial charge on any atom is 0.225 e. The zero-order valence-electron chi connectivity index (χ0n) is 19.0. The molecule has 0 aromatic heterocycles. The van der Waals surface area contributed by atoms with Crippen molar-refractivity contribution in [2.45, 2.75) is 64.2 Å². The van der Waals surface area contributed by atoms with Crippen LogP contribution in [0.5, 0.6) is 0 Å². The van der Waals surface area contributed by atoms with Crippen LogP contribution in [0.2, 0.25) is 0 Å². The lowest BCUT2D eigenvalue weighted by atomic mass is 9.92. The van der Waals surface area contributed by atoms with E-state index in [1.807, 2.05) is 0 Å². The van der Waals surface area contributed by atoms with Gasteiger partial charge in [0, 0.05) is 25.4 Å². The van der Waals surface area contributed by atoms with Gasteiger partial charge in [0.05, 0.1) is 24.2 Å². The molecule has 1 heterocycles. The van der Waals surface area contributed by atoms with Crippen molar-refractivity contribution in [1.82, 2.24) is 10.2 Å². The van der Waals surface area contributed by atoms with Crippen LogP contribution in [0, 0.1) is 0 Å². The van der Waals surface area contributed by atoms with Gasteiger partial charge in [0.1, 0.15) is 9.84 Å². The molecule has 1 saturated heterocycles. The molecule has 7 nitrogen and oxygen atoms in total. The third-order valence-corrected chi connectivity index (χ3v) is 7.60. The van der Waals surface area contributed by atoms with Gasteiger partial charge in [-0.05, 0) is 63.4 Å². The fraction of sp³-hybridized carbons (Fsp3) is 0.727. The van der Waals surface area contributed by atoms with Gasteiger partial charge >= 0.3 is 0 Å². The lowest BCUT2D eigenvalue weighted by Gasteiger charge is -2.34. The summed E-state index contributed by atoms with van der Waals surface area (Å²) in [7, 11) is -2.91. The Morgan fingerprint density at radius 2 is 1.90 bits per heavy atom. The number of hydrogen-bond donors (Lipinski definition) is 1. The summed E-state index contributed by atoms with van der Waals surface area (Å²) in [6, 6.07) is 0.292. The first-order valence-corrected chi connectivity index (χ1v) is 13.0. The summed E-state index contributed by atoms with van der Waals surface area (Å²) < 4.78 is 28.6. The Bertz CT molecular complexity index is 774. The molecule has 0 spiro atoms. The van der Waals surface area contributed by atoms with E-state index >= 15 is 0 Å². The second kappa shape index (κ2) is 11.8. The Balaban J connectivity index is 2.13. The fourth-order valence-corrected chi connectivity index (χ4v) is 5.09. The molecular weight excluding hydrogens is 400 g/mol. The summed E-state index contributed by atoms with van der Waals surface area (Å²) in [5.41, 5.74) is 3.51. The zero-order valence-corrected chi connectivity index (χ0v) is 19.8. The number of nitrogens with one attached hydrogen (secondary N) is 1. The molecule has 1 aliphatic heterocycles. The van der Waals surface area contributed by atoms with E-state index in [1.54, 1.807) is 0 Å². The predicted octanol–water partition coefficient (Wildman–Crippen LogP) is 2.95. The van der Waals surface area contributed by atoms with Gasteiger partial charge < -0.3 is 15.0 Å². The van der Waals surface area contributed by atoms with Crippen molar-refractivity contribution >= 4 is 22.5 Å². The maximum atomic E-state index is 11.6. The monoisotopic (exact) mass is 438 g/mol. The Labute approximate surface area is 182 Å². The van der Waals surface area contributed by atoms with Crippen LogP contribution in [0.3, 0.4) is 0 Å². The molecule has 0 bridgehead atoms. The predicted molar refractivity (Wildman–Crippen MR) is 125 cm³/mol. The summed E-state index contributed by atoms with van der Waals surface area (Å²) in [5.74, 6) is 0.662. The number of rotatable bonds is 9. The Hall–Kier alpha value is -1.51. The second-order valence-corrected chi connectivity index (χ2v) is 10.3. The van der Waals surface area contributed by atoms with Crippen molar-refractivity contribution in [1.29, 1.82) is 0 Å². The number of allylic oxidation sites excluding steroid dienone is 2. The van der Waals surface area contributed by atoms with Gasteiger partial charge in [-0.1, -0.05) is 19.9 Å². The molecule has 1 N–H and O–H groups in total. The molecule has 1 saturated carbocycles. The lowest BCUT2D eigenvalue weighted by molar-refractivity contribution is 0.0676. The SMILES string of the molecule is C=NC(=NC(/C(=C/C)CC)=C(\CC)CCNC1CC(S(C)(=O)=O)C1)N1CCOCC1. The topological polar surface area (TPSA) is 83.4 Å². The molecule has 0 atom stereocenters. The summed E-state index contributed by atoms with van der Waals surface area (Å²) in [6.07, 6.45) is 7.57. The van der Waals surface area contributed by atoms with Crippen LogP contribution < -0.4 is 5.32 Å². The first-order valence-electron chi connectivity index (χ1n) is 11.0. The van der Waals surface area contributed by atoms with Crippen LogP contribution in [-0.2, 0) is 14.6 Å². The molecule has 2 fully saturated rings. The highest BCUT2D eigenvalue weighted by molar-refractivity contribution is 7.91. The molecule has 8 heteroatoms. The van der Waals surface area contributed by atoms with E-state index in [9.17, 15) is 8.42 Å². The number of sulfone groups is 1. The first kappa shape index (κ1) is 24.8. The van der Waals surface area contributed by atoms with Crippen LogP contribution >= 0.6 is 0 Å². The first-order chi connectivity index (χ1) is 14.3. The summed E-state index contributed by atoms with van der Waals surface area (Å²) in [6.45, 7) is 13.8. The molecule has 0 aromatic carbocycles. The molecule has 0 radical (unpaired) electrons. The largest absolute Gasteiger partial charge is 0.378 e. The van der Waals surface area contributed by atoms with Crippen LogP contribution in [-0.4, -0.2) is 76.4 Å². The van der Waals surface area contributed by atoms with E-state index < -0.39 is 9.84 Å². The van der Waals surface area contributed by atoms with Crippen molar-refractivity contribution in [3.63, 3.8) is 0 Å². The van der Waals surface area contributed by atoms with Gasteiger partial charge in [0.25, 0.3) is 0 Å². The molecule has 0 aromatic rings. The van der Waals surface area contributed by atoms with Gasteiger partial charge in [-0.15, -0.1) is 0 Å². The Morgan fingerprint density at radius 3 is 2.40 bits per heavy atom. The van der Waals surface area contributed by atoms with E-state index in [2.05, 4.69) is 48.8 Å². The molecule has 0 unspecified atom stereocenters. The standard InChI is InChI=1S/C22H38N4O3S/c1-6-17(7-2)21(25-22(23-4)26-11-13-29-14-12-26)18(8-3)9-10-24-19-15-20(16-19)30(5,27)28/h6,19-20,24H,4,7-16H2,1-3,5H3/b17-6+,21-18+,25-22?. The number of morpholine rings is 1. The lowest BCUT2D eigenvalue weighted by Crippen LogP contribution is -2.47. The number of ether oxygens (including phenoxy) is 1. The molecule has 0 amide bonds. The molecule has 2 rings (SSSR count). The second-order valence-electron chi connectivity index (χ2n) is 7.97. The van der Waals surface area contributed by atoms with Crippen LogP contribution in [0.15, 0.2) is 32.9 Å². The smallest absolute Gasteiger partial charge is 0.225 e. The van der Waals surface area contributed by atoms with Crippen molar-refractivity contribution in [3.05, 3.63) is 22.9 Å². The number of aliphatic imine (C=N–C) groups is 2. The average molecular weight is 439 g/mol. The number of guanidine groups is 1. The van der Waals surface area contributed by atoms with Crippen molar-refractivity contribution in [2.75, 3.05) is 39.1 Å². The third-order valence-electron chi connectivity index (χ3n) is 6.00. The van der Waals surface area contributed by atoms with Crippen molar-refractivity contribution < 1.29 is 13.2 Å². The van der Waals surface area contributed by atoms with Crippen LogP contribution in [0.4, 0.5) is 0 Å². The Morgan fingerprint density at radius 1 is 1.23 bits per heavy atom. The fourth-order valence-electron chi connectivity index (χ4n) is 3.93. The number of nitrogens with zero attached hydrogens (tertiary/aromatic N) is 3. The minimum Gasteiger partial charge on any atom is -0.378 e. The minimum absolute atomic E-state index is 0.180. The normalized spacial score (nSPS) is 24.3. The summed E-state index contributed by atoms with van der Waals surface area (Å²) in [4.78, 5) is 11.3. The van der Waals surface area contributed by atoms with E-state index in [4.69, 9.17) is 9.73 Å². The van der Waals surface area contributed by atoms with Crippen molar-refractivity contribution in [3.8, 4) is 0 Å². The number of hydrogen-bond acceptors (Lipinski definition) is 5. The van der Waals surface area contributed by atoms with Gasteiger partial charge in [-0.3, -0.25) is 0 Å². The highest BCUT2D eigenvalue weighted by Gasteiger charge is 2.35. The van der Waals surface area contributed by atoms with Crippen LogP contribution in [0.25, 0.3) is 0 Å². The van der Waals surface area contributed by atoms with Crippen LogP contribution in [0.1, 0.15) is 52.9 Å². The molecule has 2 aliphatic rings. The van der Waals surface area contributed by atoms with E-state index in [1.165, 1.54) is 17.4 Å². The molecule has 30 heavy (non-hydrogen) atoms. The average Bonchev–Trinajstić information content (AvgIpc) is 2.70. The maximum absolute atomic E-state index is 11.6. The van der Waals surface area contributed by atoms with E-state index in [0.717, 1.165) is 44.6 Å². The zero-order chi connectivity index (χ0) is 22.1.